The molecule has 0 bridgehead atoms. The molecule has 0 fully saturated rings. The van der Waals surface area contributed by atoms with Crippen LogP contribution in [-0.4, -0.2) is 6.04 Å². The van der Waals surface area contributed by atoms with Crippen LogP contribution in [0, 0.1) is 12.7 Å². The molecule has 1 aromatic carbocycles. The average Bonchev–Trinajstić information content (AvgIpc) is 2.91. The number of furan rings is 1. The van der Waals surface area contributed by atoms with Gasteiger partial charge in [0.1, 0.15) is 17.3 Å². The summed E-state index contributed by atoms with van der Waals surface area (Å²) >= 11 is 0. The number of benzene rings is 1. The second kappa shape index (κ2) is 5.89. The fourth-order valence-electron chi connectivity index (χ4n) is 1.91. The molecule has 2 aromatic rings. The Morgan fingerprint density at radius 2 is 2.16 bits per heavy atom. The highest BCUT2D eigenvalue weighted by Crippen LogP contribution is 2.28. The van der Waals surface area contributed by atoms with Gasteiger partial charge in [-0.25, -0.2) is 4.39 Å². The Labute approximate surface area is 112 Å². The molecule has 0 saturated heterocycles. The maximum absolute atomic E-state index is 13.1. The largest absolute Gasteiger partial charge is 0.481 e. The van der Waals surface area contributed by atoms with Crippen molar-refractivity contribution in [3.8, 4) is 5.75 Å². The van der Waals surface area contributed by atoms with Gasteiger partial charge in [-0.1, -0.05) is 6.92 Å². The Morgan fingerprint density at radius 3 is 2.74 bits per heavy atom. The fraction of sp³-hybridized carbons (Fsp3) is 0.333. The molecule has 4 heteroatoms. The molecule has 2 N–H and O–H groups in total. The van der Waals surface area contributed by atoms with Gasteiger partial charge in [0.25, 0.3) is 0 Å². The number of hydrogen-bond donors (Lipinski definition) is 1. The van der Waals surface area contributed by atoms with E-state index in [0.29, 0.717) is 11.5 Å². The fourth-order valence-corrected chi connectivity index (χ4v) is 1.91. The predicted molar refractivity (Wildman–Crippen MR) is 71.5 cm³/mol. The van der Waals surface area contributed by atoms with Crippen LogP contribution in [0.5, 0.6) is 5.75 Å². The molecule has 3 nitrogen and oxygen atoms in total. The maximum atomic E-state index is 13.1. The van der Waals surface area contributed by atoms with Gasteiger partial charge in [-0.15, -0.1) is 0 Å². The molecule has 0 aliphatic carbocycles. The van der Waals surface area contributed by atoms with Crippen molar-refractivity contribution in [3.05, 3.63) is 53.7 Å². The molecular formula is C15H18FNO2. The van der Waals surface area contributed by atoms with E-state index in [2.05, 4.69) is 0 Å². The topological polar surface area (TPSA) is 48.4 Å². The Hall–Kier alpha value is -1.81. The normalized spacial score (nSPS) is 14.1. The van der Waals surface area contributed by atoms with Crippen LogP contribution < -0.4 is 10.5 Å². The van der Waals surface area contributed by atoms with E-state index in [1.807, 2.05) is 13.0 Å². The van der Waals surface area contributed by atoms with Crippen molar-refractivity contribution in [1.29, 1.82) is 0 Å². The zero-order chi connectivity index (χ0) is 13.8. The lowest BCUT2D eigenvalue weighted by molar-refractivity contribution is 0.143. The van der Waals surface area contributed by atoms with E-state index in [0.717, 1.165) is 12.0 Å². The molecule has 2 atom stereocenters. The van der Waals surface area contributed by atoms with Gasteiger partial charge in [-0.2, -0.15) is 0 Å². The minimum absolute atomic E-state index is 0.185. The van der Waals surface area contributed by atoms with Crippen molar-refractivity contribution in [2.75, 3.05) is 0 Å². The highest BCUT2D eigenvalue weighted by Gasteiger charge is 2.23. The van der Waals surface area contributed by atoms with Crippen LogP contribution >= 0.6 is 0 Å². The van der Waals surface area contributed by atoms with Crippen molar-refractivity contribution in [2.45, 2.75) is 32.4 Å². The molecule has 19 heavy (non-hydrogen) atoms. The minimum Gasteiger partial charge on any atom is -0.481 e. The lowest BCUT2D eigenvalue weighted by atomic mass is 10.1. The van der Waals surface area contributed by atoms with E-state index in [-0.39, 0.29) is 18.0 Å². The summed E-state index contributed by atoms with van der Waals surface area (Å²) < 4.78 is 24.4. The summed E-state index contributed by atoms with van der Waals surface area (Å²) in [7, 11) is 0. The van der Waals surface area contributed by atoms with Gasteiger partial charge >= 0.3 is 0 Å². The van der Waals surface area contributed by atoms with E-state index in [4.69, 9.17) is 14.9 Å². The van der Waals surface area contributed by atoms with Crippen LogP contribution in [0.4, 0.5) is 4.39 Å². The van der Waals surface area contributed by atoms with E-state index >= 15 is 0 Å². The molecule has 0 aliphatic rings. The first-order valence-corrected chi connectivity index (χ1v) is 6.33. The molecule has 102 valence electrons. The Morgan fingerprint density at radius 1 is 1.37 bits per heavy atom. The lowest BCUT2D eigenvalue weighted by Gasteiger charge is -2.23. The molecule has 1 aromatic heterocycles. The Balaban J connectivity index is 2.25. The standard InChI is InChI=1S/C15H18FNO2/c1-3-12(17)15(14-5-4-8-18-14)19-13-7-6-11(16)9-10(13)2/h4-9,12,15H,3,17H2,1-2H3. The van der Waals surface area contributed by atoms with Crippen molar-refractivity contribution < 1.29 is 13.5 Å². The summed E-state index contributed by atoms with van der Waals surface area (Å²) in [6, 6.07) is 7.87. The van der Waals surface area contributed by atoms with Gasteiger partial charge in [0, 0.05) is 6.04 Å². The zero-order valence-electron chi connectivity index (χ0n) is 11.1. The summed E-state index contributed by atoms with van der Waals surface area (Å²) in [5.41, 5.74) is 6.81. The first kappa shape index (κ1) is 13.6. The smallest absolute Gasteiger partial charge is 0.171 e. The monoisotopic (exact) mass is 263 g/mol. The van der Waals surface area contributed by atoms with E-state index in [1.165, 1.54) is 12.1 Å². The van der Waals surface area contributed by atoms with Crippen molar-refractivity contribution in [1.82, 2.24) is 0 Å². The molecule has 0 amide bonds. The number of halogens is 1. The van der Waals surface area contributed by atoms with E-state index in [9.17, 15) is 4.39 Å². The third-order valence-corrected chi connectivity index (χ3v) is 3.07. The van der Waals surface area contributed by atoms with Crippen LogP contribution in [-0.2, 0) is 0 Å². The van der Waals surface area contributed by atoms with Gasteiger partial charge in [-0.3, -0.25) is 0 Å². The molecule has 0 radical (unpaired) electrons. The van der Waals surface area contributed by atoms with Crippen molar-refractivity contribution in [3.63, 3.8) is 0 Å². The quantitative estimate of drug-likeness (QED) is 0.896. The van der Waals surface area contributed by atoms with Crippen molar-refractivity contribution >= 4 is 0 Å². The van der Waals surface area contributed by atoms with Gasteiger partial charge in [0.2, 0.25) is 0 Å². The third kappa shape index (κ3) is 3.15. The lowest BCUT2D eigenvalue weighted by Crippen LogP contribution is -2.31. The first-order valence-electron chi connectivity index (χ1n) is 6.33. The van der Waals surface area contributed by atoms with Crippen LogP contribution in [0.2, 0.25) is 0 Å². The van der Waals surface area contributed by atoms with Gasteiger partial charge in [0.15, 0.2) is 6.10 Å². The van der Waals surface area contributed by atoms with Gasteiger partial charge in [0.05, 0.1) is 6.26 Å². The molecular weight excluding hydrogens is 245 g/mol. The molecule has 1 heterocycles. The van der Waals surface area contributed by atoms with Gasteiger partial charge < -0.3 is 14.9 Å². The first-order chi connectivity index (χ1) is 9.11. The highest BCUT2D eigenvalue weighted by atomic mass is 19.1. The predicted octanol–water partition coefficient (Wildman–Crippen LogP) is 3.58. The maximum Gasteiger partial charge on any atom is 0.171 e. The van der Waals surface area contributed by atoms with Crippen LogP contribution in [0.1, 0.15) is 30.8 Å². The SMILES string of the molecule is CCC(N)C(Oc1ccc(F)cc1C)c1ccco1. The summed E-state index contributed by atoms with van der Waals surface area (Å²) in [4.78, 5) is 0. The number of hydrogen-bond acceptors (Lipinski definition) is 3. The summed E-state index contributed by atoms with van der Waals surface area (Å²) in [5, 5.41) is 0. The van der Waals surface area contributed by atoms with E-state index in [1.54, 1.807) is 25.3 Å². The molecule has 0 aliphatic heterocycles. The minimum atomic E-state index is -0.371. The second-order valence-electron chi connectivity index (χ2n) is 4.54. The molecule has 0 saturated carbocycles. The molecule has 0 spiro atoms. The van der Waals surface area contributed by atoms with Crippen LogP contribution in [0.3, 0.4) is 0 Å². The van der Waals surface area contributed by atoms with Crippen LogP contribution in [0.15, 0.2) is 41.0 Å². The summed E-state index contributed by atoms with van der Waals surface area (Å²) in [6.07, 6.45) is 1.97. The molecule has 2 rings (SSSR count). The number of rotatable bonds is 5. The summed E-state index contributed by atoms with van der Waals surface area (Å²) in [5.74, 6) is 1.02. The molecule has 2 unspecified atom stereocenters. The Bertz CT molecular complexity index is 525. The number of aryl methyl sites for hydroxylation is 1. The zero-order valence-corrected chi connectivity index (χ0v) is 11.1. The Kier molecular flexibility index (Phi) is 4.22. The number of nitrogens with two attached hydrogens (primary N) is 1. The van der Waals surface area contributed by atoms with Crippen LogP contribution in [0.25, 0.3) is 0 Å². The summed E-state index contributed by atoms with van der Waals surface area (Å²) in [6.45, 7) is 3.79. The average molecular weight is 263 g/mol. The van der Waals surface area contributed by atoms with Crippen molar-refractivity contribution in [2.24, 2.45) is 5.73 Å². The second-order valence-corrected chi connectivity index (χ2v) is 4.54. The third-order valence-electron chi connectivity index (χ3n) is 3.07. The van der Waals surface area contributed by atoms with E-state index < -0.39 is 0 Å². The number of ether oxygens (including phenoxy) is 1. The highest BCUT2D eigenvalue weighted by molar-refractivity contribution is 5.33. The van der Waals surface area contributed by atoms with Gasteiger partial charge in [-0.05, 0) is 49.2 Å².